The number of halogens is 1. The standard InChI is InChI=1S/C19H17FO4S/c1-22-11-14-17-15(20)7-4-8-16(17)25-18(14)19(21)24-10-12-5-3-6-13(9-12)23-2/h3-9H,10-11H2,1-2H3. The molecule has 0 aliphatic carbocycles. The smallest absolute Gasteiger partial charge is 0.349 e. The molecule has 0 saturated heterocycles. The molecular formula is C19H17FO4S. The number of thiophene rings is 1. The highest BCUT2D eigenvalue weighted by molar-refractivity contribution is 7.21. The van der Waals surface area contributed by atoms with Crippen LogP contribution in [0.5, 0.6) is 5.75 Å². The lowest BCUT2D eigenvalue weighted by atomic mass is 10.1. The van der Waals surface area contributed by atoms with Gasteiger partial charge in [-0.25, -0.2) is 9.18 Å². The molecule has 0 N–H and O–H groups in total. The van der Waals surface area contributed by atoms with Crippen molar-refractivity contribution in [3.63, 3.8) is 0 Å². The number of ether oxygens (including phenoxy) is 3. The SMILES string of the molecule is COCc1c(C(=O)OCc2cccc(OC)c2)sc2cccc(F)c12. The van der Waals surface area contributed by atoms with Gasteiger partial charge in [0, 0.05) is 22.8 Å². The van der Waals surface area contributed by atoms with Gasteiger partial charge >= 0.3 is 5.97 Å². The van der Waals surface area contributed by atoms with Gasteiger partial charge in [-0.2, -0.15) is 0 Å². The number of carbonyl (C=O) groups is 1. The van der Waals surface area contributed by atoms with E-state index in [4.69, 9.17) is 14.2 Å². The van der Waals surface area contributed by atoms with Crippen molar-refractivity contribution in [1.82, 2.24) is 0 Å². The topological polar surface area (TPSA) is 44.8 Å². The van der Waals surface area contributed by atoms with E-state index in [0.29, 0.717) is 26.3 Å². The molecule has 2 aromatic carbocycles. The number of rotatable bonds is 6. The Labute approximate surface area is 148 Å². The Morgan fingerprint density at radius 2 is 1.92 bits per heavy atom. The van der Waals surface area contributed by atoms with Crippen molar-refractivity contribution in [2.75, 3.05) is 14.2 Å². The van der Waals surface area contributed by atoms with Crippen LogP contribution in [0.4, 0.5) is 4.39 Å². The van der Waals surface area contributed by atoms with Crippen LogP contribution in [0.25, 0.3) is 10.1 Å². The monoisotopic (exact) mass is 360 g/mol. The minimum atomic E-state index is -0.490. The van der Waals surface area contributed by atoms with Crippen LogP contribution in [0.3, 0.4) is 0 Å². The largest absolute Gasteiger partial charge is 0.497 e. The summed E-state index contributed by atoms with van der Waals surface area (Å²) in [4.78, 5) is 12.9. The molecule has 130 valence electrons. The summed E-state index contributed by atoms with van der Waals surface area (Å²) >= 11 is 1.21. The number of carbonyl (C=O) groups excluding carboxylic acids is 1. The highest BCUT2D eigenvalue weighted by Gasteiger charge is 2.21. The second-order valence-electron chi connectivity index (χ2n) is 5.38. The third-order valence-corrected chi connectivity index (χ3v) is 4.92. The maximum absolute atomic E-state index is 14.2. The van der Waals surface area contributed by atoms with Crippen LogP contribution in [0.15, 0.2) is 42.5 Å². The fourth-order valence-corrected chi connectivity index (χ4v) is 3.71. The Bertz CT molecular complexity index is 904. The van der Waals surface area contributed by atoms with Gasteiger partial charge in [-0.1, -0.05) is 18.2 Å². The molecule has 0 atom stereocenters. The Hall–Kier alpha value is -2.44. The van der Waals surface area contributed by atoms with E-state index in [9.17, 15) is 9.18 Å². The van der Waals surface area contributed by atoms with Crippen molar-refractivity contribution in [2.45, 2.75) is 13.2 Å². The summed E-state index contributed by atoms with van der Waals surface area (Å²) in [6.45, 7) is 0.254. The first kappa shape index (κ1) is 17.4. The molecular weight excluding hydrogens is 343 g/mol. The number of hydrogen-bond donors (Lipinski definition) is 0. The molecule has 3 aromatic rings. The molecule has 3 rings (SSSR count). The summed E-state index contributed by atoms with van der Waals surface area (Å²) in [5, 5.41) is 0.419. The molecule has 0 aliphatic rings. The van der Waals surface area contributed by atoms with Crippen LogP contribution < -0.4 is 4.74 Å². The summed E-state index contributed by atoms with van der Waals surface area (Å²) < 4.78 is 30.6. The highest BCUT2D eigenvalue weighted by Crippen LogP contribution is 2.34. The molecule has 25 heavy (non-hydrogen) atoms. The minimum Gasteiger partial charge on any atom is -0.497 e. The van der Waals surface area contributed by atoms with E-state index in [2.05, 4.69) is 0 Å². The Morgan fingerprint density at radius 3 is 2.68 bits per heavy atom. The minimum absolute atomic E-state index is 0.110. The summed E-state index contributed by atoms with van der Waals surface area (Å²) in [7, 11) is 3.09. The van der Waals surface area contributed by atoms with E-state index in [0.717, 1.165) is 5.56 Å². The van der Waals surface area contributed by atoms with E-state index in [1.54, 1.807) is 25.3 Å². The summed E-state index contributed by atoms with van der Waals surface area (Å²) in [6.07, 6.45) is 0. The van der Waals surface area contributed by atoms with Crippen molar-refractivity contribution >= 4 is 27.4 Å². The molecule has 0 spiro atoms. The molecule has 6 heteroatoms. The van der Waals surface area contributed by atoms with Gasteiger partial charge in [0.2, 0.25) is 0 Å². The lowest BCUT2D eigenvalue weighted by Crippen LogP contribution is -2.06. The van der Waals surface area contributed by atoms with E-state index in [-0.39, 0.29) is 19.0 Å². The maximum Gasteiger partial charge on any atom is 0.349 e. The van der Waals surface area contributed by atoms with Crippen LogP contribution in [0, 0.1) is 5.82 Å². The maximum atomic E-state index is 14.2. The zero-order valence-electron chi connectivity index (χ0n) is 13.9. The second-order valence-corrected chi connectivity index (χ2v) is 6.44. The summed E-state index contributed by atoms with van der Waals surface area (Å²) in [5.74, 6) is -0.166. The number of hydrogen-bond acceptors (Lipinski definition) is 5. The molecule has 0 fully saturated rings. The molecule has 4 nitrogen and oxygen atoms in total. The van der Waals surface area contributed by atoms with Crippen molar-refractivity contribution in [3.8, 4) is 5.75 Å². The molecule has 0 aliphatic heterocycles. The quantitative estimate of drug-likeness (QED) is 0.605. The van der Waals surface area contributed by atoms with E-state index in [1.807, 2.05) is 18.2 Å². The molecule has 1 heterocycles. The van der Waals surface area contributed by atoms with Gasteiger partial charge in [0.1, 0.15) is 23.1 Å². The van der Waals surface area contributed by atoms with Crippen molar-refractivity contribution in [2.24, 2.45) is 0 Å². The van der Waals surface area contributed by atoms with Gasteiger partial charge in [-0.05, 0) is 29.8 Å². The average molecular weight is 360 g/mol. The van der Waals surface area contributed by atoms with Crippen LogP contribution in [0.1, 0.15) is 20.8 Å². The lowest BCUT2D eigenvalue weighted by Gasteiger charge is -2.07. The summed E-state index contributed by atoms with van der Waals surface area (Å²) in [6, 6.07) is 12.1. The lowest BCUT2D eigenvalue weighted by molar-refractivity contribution is 0.0474. The first-order valence-electron chi connectivity index (χ1n) is 7.63. The van der Waals surface area contributed by atoms with Gasteiger partial charge in [-0.3, -0.25) is 0 Å². The van der Waals surface area contributed by atoms with Gasteiger partial charge in [0.15, 0.2) is 0 Å². The third-order valence-electron chi connectivity index (χ3n) is 3.74. The fraction of sp³-hybridized carbons (Fsp3) is 0.211. The van der Waals surface area contributed by atoms with Crippen LogP contribution in [0.2, 0.25) is 0 Å². The van der Waals surface area contributed by atoms with Crippen molar-refractivity contribution in [3.05, 3.63) is 64.3 Å². The first-order chi connectivity index (χ1) is 12.1. The van der Waals surface area contributed by atoms with Crippen LogP contribution >= 0.6 is 11.3 Å². The van der Waals surface area contributed by atoms with Crippen molar-refractivity contribution < 1.29 is 23.4 Å². The molecule has 0 amide bonds. The van der Waals surface area contributed by atoms with Gasteiger partial charge < -0.3 is 14.2 Å². The zero-order valence-corrected chi connectivity index (χ0v) is 14.7. The molecule has 1 aromatic heterocycles. The number of fused-ring (bicyclic) bond motifs is 1. The van der Waals surface area contributed by atoms with Crippen molar-refractivity contribution in [1.29, 1.82) is 0 Å². The van der Waals surface area contributed by atoms with Crippen LogP contribution in [-0.4, -0.2) is 20.2 Å². The predicted octanol–water partition coefficient (Wildman–Crippen LogP) is 4.55. The van der Waals surface area contributed by atoms with Crippen LogP contribution in [-0.2, 0) is 22.7 Å². The third kappa shape index (κ3) is 3.65. The molecule has 0 saturated carbocycles. The molecule has 0 unspecified atom stereocenters. The summed E-state index contributed by atoms with van der Waals surface area (Å²) in [5.41, 5.74) is 1.34. The number of benzene rings is 2. The Balaban J connectivity index is 1.86. The fourth-order valence-electron chi connectivity index (χ4n) is 2.59. The molecule has 0 radical (unpaired) electrons. The Morgan fingerprint density at radius 1 is 1.12 bits per heavy atom. The number of esters is 1. The van der Waals surface area contributed by atoms with Gasteiger partial charge in [0.05, 0.1) is 13.7 Å². The predicted molar refractivity (Wildman–Crippen MR) is 94.6 cm³/mol. The van der Waals surface area contributed by atoms with E-state index in [1.165, 1.54) is 24.5 Å². The Kier molecular flexibility index (Phi) is 5.31. The average Bonchev–Trinajstić information content (AvgIpc) is 3.00. The van der Waals surface area contributed by atoms with E-state index >= 15 is 0 Å². The normalized spacial score (nSPS) is 10.8. The number of methoxy groups -OCH3 is 2. The van der Waals surface area contributed by atoms with Gasteiger partial charge in [-0.15, -0.1) is 11.3 Å². The second kappa shape index (κ2) is 7.63. The van der Waals surface area contributed by atoms with Gasteiger partial charge in [0.25, 0.3) is 0 Å². The zero-order chi connectivity index (χ0) is 17.8. The molecule has 0 bridgehead atoms. The highest BCUT2D eigenvalue weighted by atomic mass is 32.1. The van der Waals surface area contributed by atoms with E-state index < -0.39 is 5.97 Å². The first-order valence-corrected chi connectivity index (χ1v) is 8.44.